The molecule has 1 fully saturated rings. The van der Waals surface area contributed by atoms with Gasteiger partial charge in [0.05, 0.1) is 39.8 Å². The second kappa shape index (κ2) is 8.59. The van der Waals surface area contributed by atoms with Gasteiger partial charge in [0.1, 0.15) is 5.69 Å². The van der Waals surface area contributed by atoms with Crippen molar-refractivity contribution in [3.05, 3.63) is 47.7 Å². The first kappa shape index (κ1) is 20.6. The van der Waals surface area contributed by atoms with Crippen LogP contribution in [0.3, 0.4) is 0 Å². The number of aromatic amines is 1. The smallest absolute Gasteiger partial charge is 0.255 e. The minimum absolute atomic E-state index is 0.258. The van der Waals surface area contributed by atoms with Crippen LogP contribution in [0.1, 0.15) is 34.8 Å². The molecule has 3 aromatic rings. The van der Waals surface area contributed by atoms with Crippen molar-refractivity contribution in [2.45, 2.75) is 18.8 Å². The number of carbonyl (C=O) groups is 1. The highest BCUT2D eigenvalue weighted by atomic mass is 16.5. The quantitative estimate of drug-likeness (QED) is 0.563. The Hall–Kier alpha value is -3.68. The van der Waals surface area contributed by atoms with Crippen molar-refractivity contribution in [2.75, 3.05) is 33.8 Å². The molecule has 0 radical (unpaired) electrons. The summed E-state index contributed by atoms with van der Waals surface area (Å²) >= 11 is 0. The van der Waals surface area contributed by atoms with E-state index in [1.54, 1.807) is 39.5 Å². The van der Waals surface area contributed by atoms with Gasteiger partial charge in [0.25, 0.3) is 5.91 Å². The van der Waals surface area contributed by atoms with E-state index in [2.05, 4.69) is 15.5 Å². The first-order valence-electron chi connectivity index (χ1n) is 9.93. The Kier molecular flexibility index (Phi) is 5.70. The molecule has 0 aliphatic heterocycles. The monoisotopic (exact) mass is 423 g/mol. The molecule has 1 amide bonds. The highest BCUT2D eigenvalue weighted by Gasteiger charge is 2.31. The van der Waals surface area contributed by atoms with Crippen LogP contribution in [-0.2, 0) is 0 Å². The highest BCUT2D eigenvalue weighted by Crippen LogP contribution is 2.46. The van der Waals surface area contributed by atoms with E-state index in [9.17, 15) is 4.79 Å². The first-order chi connectivity index (χ1) is 15.1. The standard InChI is InChI=1S/C23H25N3O5/c1-28-16-9-7-14(11-18(16)30-3)21-22(20(25-26-21)13-5-6-13)24-23(27)15-8-10-17(29-2)19(12-15)31-4/h7-13H,5-6H2,1-4H3,(H,24,27)(H,25,26). The Morgan fingerprint density at radius 2 is 1.52 bits per heavy atom. The molecule has 0 saturated heterocycles. The predicted molar refractivity (Wildman–Crippen MR) is 117 cm³/mol. The minimum Gasteiger partial charge on any atom is -0.493 e. The average molecular weight is 423 g/mol. The van der Waals surface area contributed by atoms with Crippen molar-refractivity contribution in [3.8, 4) is 34.3 Å². The number of nitrogens with zero attached hydrogens (tertiary/aromatic N) is 1. The van der Waals surface area contributed by atoms with Crippen LogP contribution in [0.2, 0.25) is 0 Å². The number of hydrogen-bond donors (Lipinski definition) is 2. The zero-order valence-corrected chi connectivity index (χ0v) is 17.9. The van der Waals surface area contributed by atoms with E-state index >= 15 is 0 Å². The summed E-state index contributed by atoms with van der Waals surface area (Å²) in [6.45, 7) is 0. The number of hydrogen-bond acceptors (Lipinski definition) is 6. The van der Waals surface area contributed by atoms with E-state index in [1.165, 1.54) is 7.11 Å². The zero-order valence-electron chi connectivity index (χ0n) is 17.9. The molecule has 0 unspecified atom stereocenters. The van der Waals surface area contributed by atoms with Gasteiger partial charge in [0.15, 0.2) is 23.0 Å². The Labute approximate surface area is 180 Å². The molecule has 8 heteroatoms. The van der Waals surface area contributed by atoms with Crippen molar-refractivity contribution >= 4 is 11.6 Å². The highest BCUT2D eigenvalue weighted by molar-refractivity contribution is 6.07. The largest absolute Gasteiger partial charge is 0.493 e. The molecule has 0 atom stereocenters. The zero-order chi connectivity index (χ0) is 22.0. The van der Waals surface area contributed by atoms with Crippen LogP contribution < -0.4 is 24.3 Å². The van der Waals surface area contributed by atoms with Crippen LogP contribution in [0.4, 0.5) is 5.69 Å². The van der Waals surface area contributed by atoms with Crippen molar-refractivity contribution in [3.63, 3.8) is 0 Å². The van der Waals surface area contributed by atoms with Gasteiger partial charge in [0, 0.05) is 17.0 Å². The third kappa shape index (κ3) is 4.01. The fraction of sp³-hybridized carbons (Fsp3) is 0.304. The summed E-state index contributed by atoms with van der Waals surface area (Å²) in [6.07, 6.45) is 2.12. The minimum atomic E-state index is -0.258. The maximum Gasteiger partial charge on any atom is 0.255 e. The van der Waals surface area contributed by atoms with Crippen LogP contribution in [0, 0.1) is 0 Å². The number of carbonyl (C=O) groups excluding carboxylic acids is 1. The average Bonchev–Trinajstić information content (AvgIpc) is 3.58. The summed E-state index contributed by atoms with van der Waals surface area (Å²) in [5.74, 6) is 2.37. The van der Waals surface area contributed by atoms with Crippen LogP contribution in [0.15, 0.2) is 36.4 Å². The summed E-state index contributed by atoms with van der Waals surface area (Å²) < 4.78 is 21.3. The van der Waals surface area contributed by atoms with Crippen LogP contribution in [-0.4, -0.2) is 44.5 Å². The van der Waals surface area contributed by atoms with Gasteiger partial charge in [-0.05, 0) is 49.2 Å². The number of rotatable bonds is 8. The summed E-state index contributed by atoms with van der Waals surface area (Å²) in [5, 5.41) is 10.7. The lowest BCUT2D eigenvalue weighted by atomic mass is 10.1. The number of H-pyrrole nitrogens is 1. The summed E-state index contributed by atoms with van der Waals surface area (Å²) in [6, 6.07) is 10.6. The molecule has 0 bridgehead atoms. The van der Waals surface area contributed by atoms with Gasteiger partial charge in [-0.3, -0.25) is 9.89 Å². The van der Waals surface area contributed by atoms with Gasteiger partial charge >= 0.3 is 0 Å². The van der Waals surface area contributed by atoms with Crippen molar-refractivity contribution in [1.29, 1.82) is 0 Å². The molecule has 8 nitrogen and oxygen atoms in total. The Morgan fingerprint density at radius 3 is 2.13 bits per heavy atom. The lowest BCUT2D eigenvalue weighted by Crippen LogP contribution is -2.13. The molecule has 1 heterocycles. The Bertz CT molecular complexity index is 1100. The number of amides is 1. The molecule has 1 saturated carbocycles. The normalized spacial score (nSPS) is 12.9. The Morgan fingerprint density at radius 1 is 0.903 bits per heavy atom. The van der Waals surface area contributed by atoms with Crippen molar-refractivity contribution in [2.24, 2.45) is 0 Å². The third-order valence-corrected chi connectivity index (χ3v) is 5.32. The molecular formula is C23H25N3O5. The summed E-state index contributed by atoms with van der Waals surface area (Å²) in [4.78, 5) is 13.1. The number of benzene rings is 2. The molecule has 2 aromatic carbocycles. The fourth-order valence-corrected chi connectivity index (χ4v) is 3.51. The molecule has 2 N–H and O–H groups in total. The predicted octanol–water partition coefficient (Wildman–Crippen LogP) is 4.24. The lowest BCUT2D eigenvalue weighted by molar-refractivity contribution is 0.102. The molecule has 1 aliphatic rings. The van der Waals surface area contributed by atoms with Gasteiger partial charge in [-0.2, -0.15) is 5.10 Å². The second-order valence-electron chi connectivity index (χ2n) is 7.23. The second-order valence-corrected chi connectivity index (χ2v) is 7.23. The van der Waals surface area contributed by atoms with Crippen LogP contribution in [0.5, 0.6) is 23.0 Å². The number of aromatic nitrogens is 2. The van der Waals surface area contributed by atoms with E-state index in [4.69, 9.17) is 18.9 Å². The first-order valence-corrected chi connectivity index (χ1v) is 9.93. The van der Waals surface area contributed by atoms with Gasteiger partial charge in [-0.25, -0.2) is 0 Å². The number of nitrogens with one attached hydrogen (secondary N) is 2. The number of methoxy groups -OCH3 is 4. The van der Waals surface area contributed by atoms with Crippen LogP contribution in [0.25, 0.3) is 11.3 Å². The molecular weight excluding hydrogens is 398 g/mol. The summed E-state index contributed by atoms with van der Waals surface area (Å²) in [7, 11) is 6.27. The van der Waals surface area contributed by atoms with E-state index < -0.39 is 0 Å². The van der Waals surface area contributed by atoms with E-state index in [0.29, 0.717) is 45.9 Å². The van der Waals surface area contributed by atoms with Gasteiger partial charge in [-0.15, -0.1) is 0 Å². The molecule has 4 rings (SSSR count). The molecule has 162 valence electrons. The van der Waals surface area contributed by atoms with Crippen LogP contribution >= 0.6 is 0 Å². The van der Waals surface area contributed by atoms with Gasteiger partial charge < -0.3 is 24.3 Å². The molecule has 0 spiro atoms. The van der Waals surface area contributed by atoms with Crippen molar-refractivity contribution in [1.82, 2.24) is 10.2 Å². The molecule has 1 aliphatic carbocycles. The lowest BCUT2D eigenvalue weighted by Gasteiger charge is -2.12. The van der Waals surface area contributed by atoms with E-state index in [-0.39, 0.29) is 5.91 Å². The van der Waals surface area contributed by atoms with E-state index in [0.717, 1.165) is 24.1 Å². The maximum atomic E-state index is 13.1. The SMILES string of the molecule is COc1ccc(C(=O)Nc2c(-c3ccc(OC)c(OC)c3)n[nH]c2C2CC2)cc1OC. The molecule has 31 heavy (non-hydrogen) atoms. The van der Waals surface area contributed by atoms with E-state index in [1.807, 2.05) is 18.2 Å². The summed E-state index contributed by atoms with van der Waals surface area (Å²) in [5.41, 5.74) is 3.52. The van der Waals surface area contributed by atoms with Gasteiger partial charge in [0.2, 0.25) is 0 Å². The Balaban J connectivity index is 1.70. The van der Waals surface area contributed by atoms with Crippen molar-refractivity contribution < 1.29 is 23.7 Å². The number of anilines is 1. The third-order valence-electron chi connectivity index (χ3n) is 5.32. The topological polar surface area (TPSA) is 94.7 Å². The molecule has 1 aromatic heterocycles. The number of ether oxygens (including phenoxy) is 4. The van der Waals surface area contributed by atoms with Gasteiger partial charge in [-0.1, -0.05) is 0 Å². The fourth-order valence-electron chi connectivity index (χ4n) is 3.51. The maximum absolute atomic E-state index is 13.1.